The Morgan fingerprint density at radius 1 is 0.800 bits per heavy atom. The van der Waals surface area contributed by atoms with Crippen LogP contribution in [-0.2, 0) is 0 Å². The van der Waals surface area contributed by atoms with Crippen molar-refractivity contribution < 1.29 is 4.74 Å². The van der Waals surface area contributed by atoms with Crippen molar-refractivity contribution in [3.63, 3.8) is 0 Å². The lowest BCUT2D eigenvalue weighted by atomic mass is 10.1. The van der Waals surface area contributed by atoms with Crippen molar-refractivity contribution in [2.45, 2.75) is 0 Å². The van der Waals surface area contributed by atoms with Crippen LogP contribution in [0.3, 0.4) is 0 Å². The van der Waals surface area contributed by atoms with E-state index in [1.54, 1.807) is 12.1 Å². The van der Waals surface area contributed by atoms with Crippen molar-refractivity contribution >= 4 is 39.7 Å². The molecule has 0 spiro atoms. The van der Waals surface area contributed by atoms with E-state index < -0.39 is 0 Å². The first-order chi connectivity index (χ1) is 9.65. The summed E-state index contributed by atoms with van der Waals surface area (Å²) >= 11 is 11.9. The van der Waals surface area contributed by atoms with E-state index in [4.69, 9.17) is 33.7 Å². The first kappa shape index (κ1) is 13.1. The summed E-state index contributed by atoms with van der Waals surface area (Å²) in [7, 11) is 0. The largest absolute Gasteiger partial charge is 0.454 e. The summed E-state index contributed by atoms with van der Waals surface area (Å²) in [5, 5.41) is 2.94. The van der Waals surface area contributed by atoms with Crippen LogP contribution in [0.1, 0.15) is 0 Å². The third kappa shape index (κ3) is 2.40. The van der Waals surface area contributed by atoms with Gasteiger partial charge in [0.2, 0.25) is 0 Å². The second-order valence-corrected chi connectivity index (χ2v) is 5.20. The zero-order valence-corrected chi connectivity index (χ0v) is 11.9. The molecule has 3 rings (SSSR count). The quantitative estimate of drug-likeness (QED) is 0.632. The minimum absolute atomic E-state index is 0.412. The molecule has 0 radical (unpaired) electrons. The number of rotatable bonds is 2. The molecular formula is C16H11Cl2NO. The molecule has 0 aliphatic carbocycles. The number of nitrogen functional groups attached to an aromatic ring is 1. The predicted octanol–water partition coefficient (Wildman–Crippen LogP) is 5.52. The topological polar surface area (TPSA) is 35.2 Å². The normalized spacial score (nSPS) is 10.7. The number of benzene rings is 3. The maximum atomic E-state index is 6.00. The van der Waals surface area contributed by atoms with Gasteiger partial charge >= 0.3 is 0 Å². The van der Waals surface area contributed by atoms with E-state index in [-0.39, 0.29) is 0 Å². The molecule has 0 heterocycles. The SMILES string of the molecule is Nc1cc(Cl)c(Cl)cc1Oc1cccc2ccccc12. The van der Waals surface area contributed by atoms with Gasteiger partial charge in [0.25, 0.3) is 0 Å². The summed E-state index contributed by atoms with van der Waals surface area (Å²) in [5.41, 5.74) is 6.37. The molecule has 0 bridgehead atoms. The second kappa shape index (κ2) is 5.23. The van der Waals surface area contributed by atoms with Crippen LogP contribution >= 0.6 is 23.2 Å². The molecule has 4 heteroatoms. The standard InChI is InChI=1S/C16H11Cl2NO/c17-12-8-14(19)16(9-13(12)18)20-15-7-3-5-10-4-1-2-6-11(10)15/h1-9H,19H2. The summed E-state index contributed by atoms with van der Waals surface area (Å²) in [6.07, 6.45) is 0. The van der Waals surface area contributed by atoms with E-state index in [1.165, 1.54) is 0 Å². The third-order valence-electron chi connectivity index (χ3n) is 3.02. The van der Waals surface area contributed by atoms with Gasteiger partial charge in [-0.2, -0.15) is 0 Å². The molecule has 0 unspecified atom stereocenters. The van der Waals surface area contributed by atoms with Gasteiger partial charge in [0.15, 0.2) is 5.75 Å². The molecule has 20 heavy (non-hydrogen) atoms. The van der Waals surface area contributed by atoms with Gasteiger partial charge in [0.05, 0.1) is 15.7 Å². The highest BCUT2D eigenvalue weighted by molar-refractivity contribution is 6.42. The summed E-state index contributed by atoms with van der Waals surface area (Å²) in [4.78, 5) is 0. The molecule has 0 atom stereocenters. The molecule has 100 valence electrons. The fourth-order valence-corrected chi connectivity index (χ4v) is 2.36. The van der Waals surface area contributed by atoms with Gasteiger partial charge in [-0.05, 0) is 17.5 Å². The van der Waals surface area contributed by atoms with Crippen LogP contribution in [0.4, 0.5) is 5.69 Å². The van der Waals surface area contributed by atoms with Crippen LogP contribution in [0, 0.1) is 0 Å². The fraction of sp³-hybridized carbons (Fsp3) is 0. The van der Waals surface area contributed by atoms with E-state index >= 15 is 0 Å². The van der Waals surface area contributed by atoms with Crippen LogP contribution in [0.2, 0.25) is 10.0 Å². The Hall–Kier alpha value is -1.90. The average molecular weight is 304 g/mol. The lowest BCUT2D eigenvalue weighted by Crippen LogP contribution is -1.93. The first-order valence-corrected chi connectivity index (χ1v) is 6.81. The number of ether oxygens (including phenoxy) is 1. The Morgan fingerprint density at radius 3 is 2.35 bits per heavy atom. The lowest BCUT2D eigenvalue weighted by molar-refractivity contribution is 0.491. The number of hydrogen-bond acceptors (Lipinski definition) is 2. The van der Waals surface area contributed by atoms with Crippen molar-refractivity contribution in [1.29, 1.82) is 0 Å². The smallest absolute Gasteiger partial charge is 0.151 e. The number of fused-ring (bicyclic) bond motifs is 1. The molecule has 0 aromatic heterocycles. The Balaban J connectivity index is 2.08. The summed E-state index contributed by atoms with van der Waals surface area (Å²) in [6.45, 7) is 0. The fourth-order valence-electron chi connectivity index (χ4n) is 2.04. The number of anilines is 1. The molecule has 0 saturated heterocycles. The van der Waals surface area contributed by atoms with Crippen molar-refractivity contribution in [1.82, 2.24) is 0 Å². The van der Waals surface area contributed by atoms with Crippen LogP contribution in [-0.4, -0.2) is 0 Å². The zero-order chi connectivity index (χ0) is 14.1. The zero-order valence-electron chi connectivity index (χ0n) is 10.4. The lowest BCUT2D eigenvalue weighted by Gasteiger charge is -2.12. The van der Waals surface area contributed by atoms with Crippen molar-refractivity contribution in [2.75, 3.05) is 5.73 Å². The average Bonchev–Trinajstić information content (AvgIpc) is 2.45. The van der Waals surface area contributed by atoms with Crippen LogP contribution in [0.5, 0.6) is 11.5 Å². The monoisotopic (exact) mass is 303 g/mol. The van der Waals surface area contributed by atoms with Crippen LogP contribution in [0.15, 0.2) is 54.6 Å². The highest BCUT2D eigenvalue weighted by Gasteiger charge is 2.09. The van der Waals surface area contributed by atoms with Crippen LogP contribution < -0.4 is 10.5 Å². The predicted molar refractivity (Wildman–Crippen MR) is 84.9 cm³/mol. The maximum Gasteiger partial charge on any atom is 0.151 e. The van der Waals surface area contributed by atoms with E-state index in [0.717, 1.165) is 16.5 Å². The second-order valence-electron chi connectivity index (χ2n) is 4.38. The molecule has 0 saturated carbocycles. The molecule has 0 fully saturated rings. The molecule has 3 aromatic rings. The Labute approximate surface area is 126 Å². The van der Waals surface area contributed by atoms with E-state index in [1.807, 2.05) is 42.5 Å². The Kier molecular flexibility index (Phi) is 3.43. The molecule has 2 N–H and O–H groups in total. The van der Waals surface area contributed by atoms with Crippen molar-refractivity contribution in [2.24, 2.45) is 0 Å². The van der Waals surface area contributed by atoms with E-state index in [9.17, 15) is 0 Å². The van der Waals surface area contributed by atoms with E-state index in [2.05, 4.69) is 0 Å². The van der Waals surface area contributed by atoms with Crippen molar-refractivity contribution in [3.8, 4) is 11.5 Å². The highest BCUT2D eigenvalue weighted by Crippen LogP contribution is 2.37. The highest BCUT2D eigenvalue weighted by atomic mass is 35.5. The summed E-state index contributed by atoms with van der Waals surface area (Å²) in [6, 6.07) is 17.0. The Morgan fingerprint density at radius 2 is 1.50 bits per heavy atom. The number of halogens is 2. The van der Waals surface area contributed by atoms with Crippen molar-refractivity contribution in [3.05, 3.63) is 64.6 Å². The molecule has 0 amide bonds. The van der Waals surface area contributed by atoms with Gasteiger partial charge < -0.3 is 10.5 Å². The first-order valence-electron chi connectivity index (χ1n) is 6.05. The number of hydrogen-bond donors (Lipinski definition) is 1. The van der Waals surface area contributed by atoms with Gasteiger partial charge in [-0.3, -0.25) is 0 Å². The van der Waals surface area contributed by atoms with Gasteiger partial charge in [0, 0.05) is 11.5 Å². The minimum atomic E-state index is 0.412. The molecule has 2 nitrogen and oxygen atoms in total. The van der Waals surface area contributed by atoms with Gasteiger partial charge in [-0.1, -0.05) is 59.6 Å². The minimum Gasteiger partial charge on any atom is -0.454 e. The molecule has 0 aliphatic rings. The van der Waals surface area contributed by atoms with Gasteiger partial charge in [-0.25, -0.2) is 0 Å². The molecule has 0 aliphatic heterocycles. The third-order valence-corrected chi connectivity index (χ3v) is 3.74. The maximum absolute atomic E-state index is 6.00. The Bertz CT molecular complexity index is 781. The number of nitrogens with two attached hydrogens (primary N) is 1. The molecular weight excluding hydrogens is 293 g/mol. The summed E-state index contributed by atoms with van der Waals surface area (Å²) < 4.78 is 5.89. The molecule has 3 aromatic carbocycles. The summed E-state index contributed by atoms with van der Waals surface area (Å²) in [5.74, 6) is 1.23. The van der Waals surface area contributed by atoms with Gasteiger partial charge in [-0.15, -0.1) is 0 Å². The van der Waals surface area contributed by atoms with Crippen LogP contribution in [0.25, 0.3) is 10.8 Å². The van der Waals surface area contributed by atoms with Gasteiger partial charge in [0.1, 0.15) is 5.75 Å². The van der Waals surface area contributed by atoms with E-state index in [0.29, 0.717) is 21.5 Å².